The Kier molecular flexibility index (Phi) is 3.10. The van der Waals surface area contributed by atoms with E-state index in [2.05, 4.69) is 9.97 Å². The number of hydrogen-bond donors (Lipinski definition) is 0. The van der Waals surface area contributed by atoms with Crippen LogP contribution in [0.3, 0.4) is 0 Å². The first-order chi connectivity index (χ1) is 7.59. The average Bonchev–Trinajstić information content (AvgIpc) is 2.74. The van der Waals surface area contributed by atoms with Crippen LogP contribution in [0.1, 0.15) is 0 Å². The van der Waals surface area contributed by atoms with E-state index >= 15 is 0 Å². The standard InChI is InChI=1S/C8H2F4N2S2/c9-3-5(16-8-13-1-2-15-8)4(10)7(12)14-6(3)11/h1-2H. The predicted octanol–water partition coefficient (Wildman–Crippen LogP) is 3.25. The van der Waals surface area contributed by atoms with Gasteiger partial charge in [-0.2, -0.15) is 13.8 Å². The van der Waals surface area contributed by atoms with Gasteiger partial charge in [-0.1, -0.05) is 11.8 Å². The zero-order chi connectivity index (χ0) is 11.7. The van der Waals surface area contributed by atoms with E-state index in [0.29, 0.717) is 11.8 Å². The van der Waals surface area contributed by atoms with Gasteiger partial charge < -0.3 is 0 Å². The van der Waals surface area contributed by atoms with Gasteiger partial charge in [0.05, 0.1) is 4.90 Å². The topological polar surface area (TPSA) is 25.8 Å². The fourth-order valence-electron chi connectivity index (χ4n) is 0.906. The lowest BCUT2D eigenvalue weighted by Crippen LogP contribution is -2.01. The molecule has 84 valence electrons. The first-order valence-corrected chi connectivity index (χ1v) is 5.56. The number of hydrogen-bond acceptors (Lipinski definition) is 4. The summed E-state index contributed by atoms with van der Waals surface area (Å²) in [5.41, 5.74) is 0. The molecule has 2 nitrogen and oxygen atoms in total. The van der Waals surface area contributed by atoms with Crippen LogP contribution in [0.25, 0.3) is 0 Å². The maximum absolute atomic E-state index is 13.1. The molecule has 0 aliphatic rings. The number of nitrogens with zero attached hydrogens (tertiary/aromatic N) is 2. The van der Waals surface area contributed by atoms with Gasteiger partial charge in [0.25, 0.3) is 11.9 Å². The molecule has 16 heavy (non-hydrogen) atoms. The van der Waals surface area contributed by atoms with Crippen LogP contribution < -0.4 is 0 Å². The molecular formula is C8H2F4N2S2. The van der Waals surface area contributed by atoms with Crippen molar-refractivity contribution < 1.29 is 17.6 Å². The summed E-state index contributed by atoms with van der Waals surface area (Å²) in [7, 11) is 0. The summed E-state index contributed by atoms with van der Waals surface area (Å²) < 4.78 is 52.0. The van der Waals surface area contributed by atoms with Gasteiger partial charge in [0.15, 0.2) is 16.0 Å². The lowest BCUT2D eigenvalue weighted by atomic mass is 10.4. The molecule has 0 radical (unpaired) electrons. The van der Waals surface area contributed by atoms with E-state index in [-0.39, 0.29) is 4.34 Å². The molecule has 0 amide bonds. The van der Waals surface area contributed by atoms with E-state index in [1.54, 1.807) is 5.38 Å². The van der Waals surface area contributed by atoms with Crippen LogP contribution in [-0.4, -0.2) is 9.97 Å². The summed E-state index contributed by atoms with van der Waals surface area (Å²) in [5.74, 6) is -6.37. The molecule has 0 unspecified atom stereocenters. The van der Waals surface area contributed by atoms with Crippen molar-refractivity contribution in [1.82, 2.24) is 9.97 Å². The zero-order valence-electron chi connectivity index (χ0n) is 7.38. The first-order valence-electron chi connectivity index (χ1n) is 3.87. The van der Waals surface area contributed by atoms with Gasteiger partial charge >= 0.3 is 0 Å². The van der Waals surface area contributed by atoms with Gasteiger partial charge in [0.1, 0.15) is 0 Å². The predicted molar refractivity (Wildman–Crippen MR) is 50.3 cm³/mol. The average molecular weight is 266 g/mol. The molecule has 2 rings (SSSR count). The van der Waals surface area contributed by atoms with E-state index in [4.69, 9.17) is 0 Å². The van der Waals surface area contributed by atoms with Crippen LogP contribution in [0.5, 0.6) is 0 Å². The molecule has 0 spiro atoms. The van der Waals surface area contributed by atoms with Crippen LogP contribution in [0.15, 0.2) is 20.8 Å². The monoisotopic (exact) mass is 266 g/mol. The molecule has 2 aromatic rings. The Bertz CT molecular complexity index is 489. The van der Waals surface area contributed by atoms with Crippen molar-refractivity contribution in [3.63, 3.8) is 0 Å². The molecule has 0 atom stereocenters. The third-order valence-corrected chi connectivity index (χ3v) is 3.50. The van der Waals surface area contributed by atoms with Gasteiger partial charge in [-0.3, -0.25) is 0 Å². The second kappa shape index (κ2) is 4.38. The highest BCUT2D eigenvalue weighted by Crippen LogP contribution is 2.34. The van der Waals surface area contributed by atoms with Crippen molar-refractivity contribution in [1.29, 1.82) is 0 Å². The number of halogens is 4. The molecule has 0 saturated heterocycles. The molecule has 0 aromatic carbocycles. The Morgan fingerprint density at radius 2 is 1.69 bits per heavy atom. The van der Waals surface area contributed by atoms with Gasteiger partial charge in [0, 0.05) is 11.6 Å². The normalized spacial score (nSPS) is 10.8. The lowest BCUT2D eigenvalue weighted by molar-refractivity contribution is 0.383. The van der Waals surface area contributed by atoms with Gasteiger partial charge in [-0.25, -0.2) is 13.8 Å². The summed E-state index contributed by atoms with van der Waals surface area (Å²) in [5, 5.41) is 1.58. The van der Waals surface area contributed by atoms with E-state index in [1.807, 2.05) is 0 Å². The Morgan fingerprint density at radius 1 is 1.06 bits per heavy atom. The fourth-order valence-corrected chi connectivity index (χ4v) is 2.51. The highest BCUT2D eigenvalue weighted by Gasteiger charge is 2.22. The molecule has 0 aliphatic carbocycles. The third kappa shape index (κ3) is 2.03. The van der Waals surface area contributed by atoms with Crippen molar-refractivity contribution in [3.8, 4) is 0 Å². The number of aromatic nitrogens is 2. The second-order valence-electron chi connectivity index (χ2n) is 2.55. The summed E-state index contributed by atoms with van der Waals surface area (Å²) in [4.78, 5) is 5.41. The number of pyridine rings is 1. The molecule has 0 N–H and O–H groups in total. The molecule has 2 aromatic heterocycles. The third-order valence-electron chi connectivity index (χ3n) is 1.56. The minimum Gasteiger partial charge on any atom is -0.238 e. The van der Waals surface area contributed by atoms with Crippen LogP contribution in [0, 0.1) is 23.5 Å². The largest absolute Gasteiger partial charge is 0.252 e. The summed E-state index contributed by atoms with van der Waals surface area (Å²) >= 11 is 1.61. The van der Waals surface area contributed by atoms with Crippen LogP contribution in [0.4, 0.5) is 17.6 Å². The van der Waals surface area contributed by atoms with Gasteiger partial charge in [-0.05, 0) is 0 Å². The maximum atomic E-state index is 13.1. The summed E-state index contributed by atoms with van der Waals surface area (Å²) in [6.07, 6.45) is 1.41. The van der Waals surface area contributed by atoms with Crippen LogP contribution >= 0.6 is 23.1 Å². The fraction of sp³-hybridized carbons (Fsp3) is 0. The van der Waals surface area contributed by atoms with Crippen molar-refractivity contribution in [2.75, 3.05) is 0 Å². The van der Waals surface area contributed by atoms with E-state index in [0.717, 1.165) is 11.3 Å². The quantitative estimate of drug-likeness (QED) is 0.616. The Hall–Kier alpha value is -1.15. The van der Waals surface area contributed by atoms with E-state index < -0.39 is 28.4 Å². The van der Waals surface area contributed by atoms with Crippen molar-refractivity contribution in [2.45, 2.75) is 9.24 Å². The van der Waals surface area contributed by atoms with Crippen molar-refractivity contribution in [2.24, 2.45) is 0 Å². The molecular weight excluding hydrogens is 264 g/mol. The summed E-state index contributed by atoms with van der Waals surface area (Å²) in [6, 6.07) is 0. The van der Waals surface area contributed by atoms with Crippen LogP contribution in [0.2, 0.25) is 0 Å². The highest BCUT2D eigenvalue weighted by molar-refractivity contribution is 8.01. The molecule has 2 heterocycles. The SMILES string of the molecule is Fc1nc(F)c(F)c(Sc2nccs2)c1F. The molecule has 8 heteroatoms. The smallest absolute Gasteiger partial charge is 0.238 e. The molecule has 0 saturated carbocycles. The number of rotatable bonds is 2. The van der Waals surface area contributed by atoms with Gasteiger partial charge in [-0.15, -0.1) is 11.3 Å². The molecule has 0 bridgehead atoms. The molecule has 0 aliphatic heterocycles. The second-order valence-corrected chi connectivity index (χ2v) is 4.70. The zero-order valence-corrected chi connectivity index (χ0v) is 9.01. The lowest BCUT2D eigenvalue weighted by Gasteiger charge is -2.03. The van der Waals surface area contributed by atoms with E-state index in [1.165, 1.54) is 6.20 Å². The van der Waals surface area contributed by atoms with E-state index in [9.17, 15) is 17.6 Å². The maximum Gasteiger partial charge on any atom is 0.252 e. The Labute approximate surface area is 95.4 Å². The number of thiazole rings is 1. The Morgan fingerprint density at radius 3 is 2.19 bits per heavy atom. The minimum absolute atomic E-state index is 0.280. The van der Waals surface area contributed by atoms with Crippen molar-refractivity contribution in [3.05, 3.63) is 35.1 Å². The highest BCUT2D eigenvalue weighted by atomic mass is 32.2. The Balaban J connectivity index is 2.47. The van der Waals surface area contributed by atoms with Crippen molar-refractivity contribution >= 4 is 23.1 Å². The van der Waals surface area contributed by atoms with Crippen LogP contribution in [-0.2, 0) is 0 Å². The van der Waals surface area contributed by atoms with Gasteiger partial charge in [0.2, 0.25) is 0 Å². The molecule has 0 fully saturated rings. The summed E-state index contributed by atoms with van der Waals surface area (Å²) in [6.45, 7) is 0. The first kappa shape index (κ1) is 11.3. The minimum atomic E-state index is -1.67.